The third-order valence-electron chi connectivity index (χ3n) is 7.16. The summed E-state index contributed by atoms with van der Waals surface area (Å²) in [6, 6.07) is 9.41. The summed E-state index contributed by atoms with van der Waals surface area (Å²) in [6.45, 7) is 6.01. The Labute approximate surface area is 303 Å². The van der Waals surface area contributed by atoms with Gasteiger partial charge in [-0.25, -0.2) is 8.42 Å². The Morgan fingerprint density at radius 3 is 2.24 bits per heavy atom. The minimum atomic E-state index is -4.13. The summed E-state index contributed by atoms with van der Waals surface area (Å²) in [5.74, 6) is -1.07. The zero-order chi connectivity index (χ0) is 34.0. The van der Waals surface area contributed by atoms with Gasteiger partial charge in [0.05, 0.1) is 0 Å². The zero-order valence-corrected chi connectivity index (χ0v) is 31.9. The van der Waals surface area contributed by atoms with Crippen molar-refractivity contribution in [2.45, 2.75) is 68.8 Å². The van der Waals surface area contributed by atoms with E-state index in [-0.39, 0.29) is 28.7 Å². The molecule has 0 aliphatic heterocycles. The van der Waals surface area contributed by atoms with Gasteiger partial charge in [-0.05, 0) is 102 Å². The van der Waals surface area contributed by atoms with E-state index in [1.165, 1.54) is 0 Å². The molecule has 0 aliphatic rings. The third-order valence-corrected chi connectivity index (χ3v) is 12.1. The van der Waals surface area contributed by atoms with Gasteiger partial charge in [-0.3, -0.25) is 14.4 Å². The molecule has 0 saturated carbocycles. The van der Waals surface area contributed by atoms with Crippen LogP contribution in [0.25, 0.3) is 10.1 Å². The molecule has 0 radical (unpaired) electrons. The van der Waals surface area contributed by atoms with Gasteiger partial charge in [-0.2, -0.15) is 17.4 Å². The maximum atomic E-state index is 13.8. The number of thiol groups is 1. The monoisotopic (exact) mass is 840 g/mol. The van der Waals surface area contributed by atoms with Crippen LogP contribution in [0.2, 0.25) is 5.02 Å². The smallest absolute Gasteiger partial charge is 0.251 e. The maximum absolute atomic E-state index is 13.8. The van der Waals surface area contributed by atoms with Crippen molar-refractivity contribution in [3.8, 4) is 0 Å². The van der Waals surface area contributed by atoms with Crippen LogP contribution in [0.1, 0.15) is 44.2 Å². The molecule has 0 aliphatic carbocycles. The van der Waals surface area contributed by atoms with E-state index < -0.39 is 45.9 Å². The van der Waals surface area contributed by atoms with E-state index in [0.717, 1.165) is 30.6 Å². The molecule has 0 spiro atoms. The first-order valence-electron chi connectivity index (χ1n) is 14.8. The van der Waals surface area contributed by atoms with Gasteiger partial charge in [0, 0.05) is 37.9 Å². The predicted octanol–water partition coefficient (Wildman–Crippen LogP) is 5.44. The first-order valence-corrected chi connectivity index (χ1v) is 19.7. The fourth-order valence-corrected chi connectivity index (χ4v) is 8.53. The van der Waals surface area contributed by atoms with Gasteiger partial charge >= 0.3 is 0 Å². The molecule has 0 bridgehead atoms. The number of benzene rings is 2. The molecule has 0 unspecified atom stereocenters. The second-order valence-electron chi connectivity index (χ2n) is 11.3. The molecule has 1 heterocycles. The number of rotatable bonds is 17. The molecule has 2 aromatic carbocycles. The van der Waals surface area contributed by atoms with Crippen LogP contribution in [0.3, 0.4) is 0 Å². The molecule has 1 aromatic heterocycles. The van der Waals surface area contributed by atoms with Gasteiger partial charge < -0.3 is 16.0 Å². The lowest BCUT2D eigenvalue weighted by Crippen LogP contribution is -2.57. The van der Waals surface area contributed by atoms with Crippen LogP contribution in [0.15, 0.2) is 46.7 Å². The number of amides is 3. The minimum absolute atomic E-state index is 0.0270. The predicted molar refractivity (Wildman–Crippen MR) is 199 cm³/mol. The highest BCUT2D eigenvalue weighted by Crippen LogP contribution is 2.35. The van der Waals surface area contributed by atoms with E-state index in [1.54, 1.807) is 25.1 Å². The van der Waals surface area contributed by atoms with Crippen molar-refractivity contribution in [2.24, 2.45) is 5.92 Å². The van der Waals surface area contributed by atoms with Gasteiger partial charge in [-0.1, -0.05) is 37.6 Å². The largest absolute Gasteiger partial charge is 0.354 e. The second-order valence-corrected chi connectivity index (χ2v) is 16.7. The van der Waals surface area contributed by atoms with Crippen molar-refractivity contribution < 1.29 is 22.8 Å². The molecule has 3 amide bonds. The molecule has 3 aromatic rings. The number of alkyl halides is 1. The van der Waals surface area contributed by atoms with Gasteiger partial charge in [-0.15, -0.1) is 22.9 Å². The second kappa shape index (κ2) is 18.2. The number of hydrogen-bond acceptors (Lipinski definition) is 7. The van der Waals surface area contributed by atoms with Gasteiger partial charge in [0.25, 0.3) is 10.0 Å². The zero-order valence-electron chi connectivity index (χ0n) is 25.7. The topological polar surface area (TPSA) is 133 Å². The normalized spacial score (nSPS) is 13.7. The lowest BCUT2D eigenvalue weighted by molar-refractivity contribution is -0.132. The maximum Gasteiger partial charge on any atom is 0.251 e. The van der Waals surface area contributed by atoms with Crippen LogP contribution in [0.4, 0.5) is 0 Å². The number of carbonyl (C=O) groups excluding carboxylic acids is 3. The van der Waals surface area contributed by atoms with Crippen LogP contribution in [0.5, 0.6) is 0 Å². The van der Waals surface area contributed by atoms with Crippen molar-refractivity contribution in [2.75, 3.05) is 18.2 Å². The lowest BCUT2D eigenvalue weighted by Gasteiger charge is -2.25. The molecular weight excluding hydrogens is 802 g/mol. The van der Waals surface area contributed by atoms with Crippen LogP contribution < -0.4 is 20.7 Å². The van der Waals surface area contributed by atoms with E-state index in [0.29, 0.717) is 35.9 Å². The molecule has 15 heteroatoms. The molecular formula is C31H39Cl2IN4O5S3. The third kappa shape index (κ3) is 11.2. The Hall–Kier alpha value is -1.62. The Kier molecular flexibility index (Phi) is 15.4. The highest BCUT2D eigenvalue weighted by Gasteiger charge is 2.32. The van der Waals surface area contributed by atoms with Gasteiger partial charge in [0.2, 0.25) is 17.7 Å². The Bertz CT molecular complexity index is 1620. The van der Waals surface area contributed by atoms with Crippen molar-refractivity contribution in [3.05, 3.63) is 62.2 Å². The Morgan fingerprint density at radius 2 is 1.61 bits per heavy atom. The number of carbonyl (C=O) groups is 3. The number of thiophene rings is 1. The van der Waals surface area contributed by atoms with Crippen molar-refractivity contribution in [3.63, 3.8) is 0 Å². The molecule has 3 atom stereocenters. The van der Waals surface area contributed by atoms with Crippen LogP contribution in [-0.2, 0) is 30.8 Å². The average Bonchev–Trinajstić information content (AvgIpc) is 3.34. The number of halogens is 3. The summed E-state index contributed by atoms with van der Waals surface area (Å²) in [7, 11) is -4.13. The number of sulfonamides is 1. The summed E-state index contributed by atoms with van der Waals surface area (Å²) in [6.07, 6.45) is 1.44. The Morgan fingerprint density at radius 1 is 0.957 bits per heavy atom. The Balaban J connectivity index is 1.89. The van der Waals surface area contributed by atoms with E-state index in [9.17, 15) is 22.8 Å². The molecule has 4 N–H and O–H groups in total. The molecule has 252 valence electrons. The molecule has 0 fully saturated rings. The van der Waals surface area contributed by atoms with E-state index in [1.807, 2.05) is 38.1 Å². The fraction of sp³-hybridized carbons (Fsp3) is 0.452. The lowest BCUT2D eigenvalue weighted by atomic mass is 10.0. The van der Waals surface area contributed by atoms with E-state index in [2.05, 4.69) is 55.9 Å². The summed E-state index contributed by atoms with van der Waals surface area (Å²) < 4.78 is 31.9. The average molecular weight is 842 g/mol. The number of hydrogen-bond donors (Lipinski definition) is 5. The quantitative estimate of drug-likeness (QED) is 0.0535. The van der Waals surface area contributed by atoms with Gasteiger partial charge in [0.1, 0.15) is 22.3 Å². The SMILES string of the molecule is Cc1c(S(=O)(=O)N[C@@H](CCC(C)C)C(=O)N[C@@H](Cc2ccc(I)cc2)C(=O)N[C@@H](CS)C(=O)NCCCCl)sc2ccc(Cl)cc12. The number of aryl methyl sites for hydroxylation is 1. The number of nitrogens with one attached hydrogen (secondary N) is 4. The summed E-state index contributed by atoms with van der Waals surface area (Å²) in [5, 5.41) is 9.41. The highest BCUT2D eigenvalue weighted by molar-refractivity contribution is 14.1. The number of fused-ring (bicyclic) bond motifs is 1. The van der Waals surface area contributed by atoms with Crippen LogP contribution >= 0.6 is 69.8 Å². The first kappa shape index (κ1) is 38.8. The van der Waals surface area contributed by atoms with E-state index >= 15 is 0 Å². The highest BCUT2D eigenvalue weighted by atomic mass is 127. The van der Waals surface area contributed by atoms with Gasteiger partial charge in [0.15, 0.2) is 0 Å². The first-order chi connectivity index (χ1) is 21.7. The van der Waals surface area contributed by atoms with Crippen molar-refractivity contribution >= 4 is 108 Å². The van der Waals surface area contributed by atoms with E-state index in [4.69, 9.17) is 23.2 Å². The standard InChI is InChI=1S/C31H39Cl2IN4O5S3/c1-18(2)5-11-24(38-46(42,43)31-19(3)23-16-21(33)8-12-27(23)45-31)29(40)36-25(15-20-6-9-22(34)10-7-20)30(41)37-26(17-44)28(39)35-14-4-13-32/h6-10,12,16,18,24-26,38,44H,4-5,11,13-15,17H2,1-3H3,(H,35,39)(H,36,40)(H,37,41)/t24-,25-,26-/m0/s1. The van der Waals surface area contributed by atoms with Crippen molar-refractivity contribution in [1.82, 2.24) is 20.7 Å². The molecule has 3 rings (SSSR count). The molecule has 46 heavy (non-hydrogen) atoms. The summed E-state index contributed by atoms with van der Waals surface area (Å²) in [5.41, 5.74) is 1.31. The fourth-order valence-electron chi connectivity index (χ4n) is 4.62. The molecule has 0 saturated heterocycles. The molecule has 9 nitrogen and oxygen atoms in total. The summed E-state index contributed by atoms with van der Waals surface area (Å²) in [4.78, 5) is 40.2. The van der Waals surface area contributed by atoms with Crippen molar-refractivity contribution in [1.29, 1.82) is 0 Å². The van der Waals surface area contributed by atoms with Crippen LogP contribution in [-0.4, -0.2) is 62.4 Å². The summed E-state index contributed by atoms with van der Waals surface area (Å²) >= 11 is 19.4. The van der Waals surface area contributed by atoms with Crippen LogP contribution in [0, 0.1) is 16.4 Å². The minimum Gasteiger partial charge on any atom is -0.354 e.